The van der Waals surface area contributed by atoms with Crippen LogP contribution in [0.15, 0.2) is 15.4 Å². The van der Waals surface area contributed by atoms with Gasteiger partial charge in [-0.05, 0) is 26.2 Å². The van der Waals surface area contributed by atoms with E-state index < -0.39 is 10.0 Å². The van der Waals surface area contributed by atoms with Gasteiger partial charge in [0.25, 0.3) is 0 Å². The molecule has 1 atom stereocenters. The molecule has 1 rings (SSSR count). The van der Waals surface area contributed by atoms with E-state index in [4.69, 9.17) is 9.52 Å². The van der Waals surface area contributed by atoms with E-state index in [-0.39, 0.29) is 23.3 Å². The van der Waals surface area contributed by atoms with Gasteiger partial charge in [-0.25, -0.2) is 13.1 Å². The van der Waals surface area contributed by atoms with Gasteiger partial charge in [-0.2, -0.15) is 0 Å². The van der Waals surface area contributed by atoms with E-state index in [0.29, 0.717) is 11.7 Å². The zero-order chi connectivity index (χ0) is 15.3. The summed E-state index contributed by atoms with van der Waals surface area (Å²) in [4.78, 5) is 0.109. The van der Waals surface area contributed by atoms with Crippen molar-refractivity contribution < 1.29 is 17.9 Å². The number of aryl methyl sites for hydroxylation is 1. The van der Waals surface area contributed by atoms with Crippen LogP contribution in [0.25, 0.3) is 0 Å². The van der Waals surface area contributed by atoms with Crippen molar-refractivity contribution in [1.29, 1.82) is 0 Å². The molecule has 6 heteroatoms. The number of rotatable bonds is 8. The molecule has 0 aliphatic carbocycles. The van der Waals surface area contributed by atoms with Crippen molar-refractivity contribution in [2.45, 2.75) is 64.5 Å². The van der Waals surface area contributed by atoms with Crippen molar-refractivity contribution in [2.24, 2.45) is 5.92 Å². The van der Waals surface area contributed by atoms with Gasteiger partial charge in [0.15, 0.2) is 0 Å². The first kappa shape index (κ1) is 17.2. The molecule has 0 aliphatic heterocycles. The fourth-order valence-corrected chi connectivity index (χ4v) is 3.57. The SMILES string of the molecule is Cc1oc(CO)cc1S(=O)(=O)NC(C)CCCC(C)C. The van der Waals surface area contributed by atoms with Gasteiger partial charge < -0.3 is 9.52 Å². The first-order chi connectivity index (χ1) is 9.26. The fraction of sp³-hybridized carbons (Fsp3) is 0.714. The van der Waals surface area contributed by atoms with Crippen LogP contribution < -0.4 is 4.72 Å². The second kappa shape index (κ2) is 7.24. The highest BCUT2D eigenvalue weighted by atomic mass is 32.2. The molecule has 2 N–H and O–H groups in total. The maximum atomic E-state index is 12.2. The minimum atomic E-state index is -3.58. The molecule has 0 amide bonds. The Balaban J connectivity index is 2.66. The lowest BCUT2D eigenvalue weighted by atomic mass is 10.0. The van der Waals surface area contributed by atoms with Gasteiger partial charge in [-0.1, -0.05) is 26.7 Å². The molecule has 0 saturated carbocycles. The highest BCUT2D eigenvalue weighted by molar-refractivity contribution is 7.89. The third kappa shape index (κ3) is 4.92. The van der Waals surface area contributed by atoms with Crippen LogP contribution in [0.2, 0.25) is 0 Å². The standard InChI is InChI=1S/C14H25NO4S/c1-10(2)6-5-7-11(3)15-20(17,18)14-8-13(9-16)19-12(14)4/h8,10-11,15-16H,5-7,9H2,1-4H3. The minimum absolute atomic E-state index is 0.109. The van der Waals surface area contributed by atoms with Gasteiger partial charge in [0, 0.05) is 12.1 Å². The second-order valence-corrected chi connectivity index (χ2v) is 7.32. The Kier molecular flexibility index (Phi) is 6.23. The summed E-state index contributed by atoms with van der Waals surface area (Å²) in [6.45, 7) is 7.44. The molecule has 0 saturated heterocycles. The van der Waals surface area contributed by atoms with Gasteiger partial charge in [0.05, 0.1) is 0 Å². The largest absolute Gasteiger partial charge is 0.462 e. The average Bonchev–Trinajstić information content (AvgIpc) is 2.70. The van der Waals surface area contributed by atoms with Gasteiger partial charge in [0.2, 0.25) is 10.0 Å². The zero-order valence-corrected chi connectivity index (χ0v) is 13.5. The number of sulfonamides is 1. The molecule has 0 bridgehead atoms. The molecule has 1 unspecified atom stereocenters. The maximum Gasteiger partial charge on any atom is 0.244 e. The van der Waals surface area contributed by atoms with E-state index in [1.54, 1.807) is 6.92 Å². The monoisotopic (exact) mass is 303 g/mol. The van der Waals surface area contributed by atoms with E-state index in [1.807, 2.05) is 6.92 Å². The Morgan fingerprint density at radius 2 is 1.95 bits per heavy atom. The lowest BCUT2D eigenvalue weighted by Gasteiger charge is -2.14. The van der Waals surface area contributed by atoms with Crippen LogP contribution in [0, 0.1) is 12.8 Å². The molecule has 1 aromatic heterocycles. The predicted molar refractivity (Wildman–Crippen MR) is 77.8 cm³/mol. The Morgan fingerprint density at radius 1 is 1.30 bits per heavy atom. The fourth-order valence-electron chi connectivity index (χ4n) is 2.09. The summed E-state index contributed by atoms with van der Waals surface area (Å²) in [5, 5.41) is 8.98. The molecule has 116 valence electrons. The molecule has 0 aromatic carbocycles. The maximum absolute atomic E-state index is 12.2. The summed E-state index contributed by atoms with van der Waals surface area (Å²) < 4.78 is 32.3. The quantitative estimate of drug-likeness (QED) is 0.773. The predicted octanol–water partition coefficient (Wildman–Crippen LogP) is 2.57. The van der Waals surface area contributed by atoms with Crippen LogP contribution in [0.1, 0.15) is 51.6 Å². The summed E-state index contributed by atoms with van der Waals surface area (Å²) in [5.41, 5.74) is 0. The van der Waals surface area contributed by atoms with E-state index in [9.17, 15) is 8.42 Å². The number of hydrogen-bond donors (Lipinski definition) is 2. The average molecular weight is 303 g/mol. The Labute approximate surface area is 121 Å². The zero-order valence-electron chi connectivity index (χ0n) is 12.6. The number of furan rings is 1. The van der Waals surface area contributed by atoms with E-state index in [1.165, 1.54) is 6.07 Å². The van der Waals surface area contributed by atoms with Crippen molar-refractivity contribution in [3.05, 3.63) is 17.6 Å². The second-order valence-electron chi connectivity index (χ2n) is 5.64. The Bertz CT molecular complexity index is 519. The Morgan fingerprint density at radius 3 is 2.45 bits per heavy atom. The molecular weight excluding hydrogens is 278 g/mol. The van der Waals surface area contributed by atoms with E-state index >= 15 is 0 Å². The van der Waals surface area contributed by atoms with Gasteiger partial charge >= 0.3 is 0 Å². The van der Waals surface area contributed by atoms with Crippen molar-refractivity contribution in [3.8, 4) is 0 Å². The summed E-state index contributed by atoms with van der Waals surface area (Å²) in [6.07, 6.45) is 2.89. The van der Waals surface area contributed by atoms with E-state index in [2.05, 4.69) is 18.6 Å². The van der Waals surface area contributed by atoms with E-state index in [0.717, 1.165) is 19.3 Å². The van der Waals surface area contributed by atoms with Crippen LogP contribution in [0.5, 0.6) is 0 Å². The molecule has 1 aromatic rings. The van der Waals surface area contributed by atoms with Crippen molar-refractivity contribution in [1.82, 2.24) is 4.72 Å². The molecule has 0 radical (unpaired) electrons. The summed E-state index contributed by atoms with van der Waals surface area (Å²) in [5.74, 6) is 1.19. The highest BCUT2D eigenvalue weighted by Gasteiger charge is 2.23. The first-order valence-electron chi connectivity index (χ1n) is 6.98. The molecule has 0 aliphatic rings. The number of aliphatic hydroxyl groups excluding tert-OH is 1. The smallest absolute Gasteiger partial charge is 0.244 e. The van der Waals surface area contributed by atoms with Crippen LogP contribution in [0.4, 0.5) is 0 Å². The third-order valence-corrected chi connectivity index (χ3v) is 4.84. The summed E-state index contributed by atoms with van der Waals surface area (Å²) in [7, 11) is -3.58. The summed E-state index contributed by atoms with van der Waals surface area (Å²) >= 11 is 0. The van der Waals surface area contributed by atoms with Gasteiger partial charge in [0.1, 0.15) is 23.0 Å². The molecule has 0 fully saturated rings. The summed E-state index contributed by atoms with van der Waals surface area (Å²) in [6, 6.07) is 1.25. The third-order valence-electron chi connectivity index (χ3n) is 3.14. The van der Waals surface area contributed by atoms with Crippen molar-refractivity contribution in [3.63, 3.8) is 0 Å². The number of nitrogens with one attached hydrogen (secondary N) is 1. The first-order valence-corrected chi connectivity index (χ1v) is 8.47. The van der Waals surface area contributed by atoms with Crippen molar-refractivity contribution >= 4 is 10.0 Å². The Hall–Kier alpha value is -0.850. The molecule has 5 nitrogen and oxygen atoms in total. The van der Waals surface area contributed by atoms with Crippen molar-refractivity contribution in [2.75, 3.05) is 0 Å². The number of hydrogen-bond acceptors (Lipinski definition) is 4. The topological polar surface area (TPSA) is 79.5 Å². The molecule has 1 heterocycles. The number of aliphatic hydroxyl groups is 1. The van der Waals surface area contributed by atoms with Gasteiger partial charge in [-0.15, -0.1) is 0 Å². The van der Waals surface area contributed by atoms with Crippen LogP contribution in [-0.4, -0.2) is 19.6 Å². The minimum Gasteiger partial charge on any atom is -0.462 e. The molecular formula is C14H25NO4S. The van der Waals surface area contributed by atoms with Crippen LogP contribution >= 0.6 is 0 Å². The lowest BCUT2D eigenvalue weighted by molar-refractivity contribution is 0.244. The molecule has 20 heavy (non-hydrogen) atoms. The normalized spacial score (nSPS) is 13.9. The van der Waals surface area contributed by atoms with Crippen LogP contribution in [-0.2, 0) is 16.6 Å². The highest BCUT2D eigenvalue weighted by Crippen LogP contribution is 2.20. The molecule has 0 spiro atoms. The van der Waals surface area contributed by atoms with Crippen LogP contribution in [0.3, 0.4) is 0 Å². The van der Waals surface area contributed by atoms with Gasteiger partial charge in [-0.3, -0.25) is 0 Å². The lowest BCUT2D eigenvalue weighted by Crippen LogP contribution is -2.32.